The topological polar surface area (TPSA) is 159 Å². The van der Waals surface area contributed by atoms with Gasteiger partial charge in [0.05, 0.1) is 6.04 Å². The Labute approximate surface area is 85.1 Å². The van der Waals surface area contributed by atoms with Gasteiger partial charge in [-0.25, -0.2) is 0 Å². The fraction of sp³-hybridized carbons (Fsp3) is 0.857. The maximum absolute atomic E-state index is 10.5. The molecule has 0 saturated carbocycles. The monoisotopic (exact) mass is 222 g/mol. The van der Waals surface area contributed by atoms with Crippen molar-refractivity contribution >= 4 is 5.97 Å². The molecule has 1 saturated heterocycles. The summed E-state index contributed by atoms with van der Waals surface area (Å²) in [6.07, 6.45) is -5.98. The number of carbonyl (C=O) groups is 1. The molecule has 0 spiro atoms. The van der Waals surface area contributed by atoms with Crippen molar-refractivity contribution in [2.24, 2.45) is 11.5 Å². The molecule has 8 nitrogen and oxygen atoms in total. The molecule has 88 valence electrons. The number of hydrogen-bond acceptors (Lipinski definition) is 7. The molecule has 1 aliphatic rings. The van der Waals surface area contributed by atoms with Gasteiger partial charge in [0.1, 0.15) is 24.4 Å². The Morgan fingerprint density at radius 1 is 1.27 bits per heavy atom. The van der Waals surface area contributed by atoms with Crippen LogP contribution in [-0.2, 0) is 9.53 Å². The predicted octanol–water partition coefficient (Wildman–Crippen LogP) is -3.84. The summed E-state index contributed by atoms with van der Waals surface area (Å²) in [6.45, 7) is 0. The summed E-state index contributed by atoms with van der Waals surface area (Å²) in [5.41, 5.74) is 10.5. The lowest BCUT2D eigenvalue weighted by molar-refractivity contribution is -0.246. The quantitative estimate of drug-likeness (QED) is 0.277. The van der Waals surface area contributed by atoms with Gasteiger partial charge in [0.25, 0.3) is 0 Å². The highest BCUT2D eigenvalue weighted by atomic mass is 16.6. The molecule has 8 heteroatoms. The van der Waals surface area contributed by atoms with E-state index in [4.69, 9.17) is 21.3 Å². The van der Waals surface area contributed by atoms with Crippen LogP contribution < -0.4 is 11.5 Å². The summed E-state index contributed by atoms with van der Waals surface area (Å²) in [4.78, 5) is 10.5. The first-order valence-corrected chi connectivity index (χ1v) is 4.30. The molecule has 8 N–H and O–H groups in total. The van der Waals surface area contributed by atoms with Crippen LogP contribution in [0.2, 0.25) is 0 Å². The Bertz CT molecular complexity index is 250. The van der Waals surface area contributed by atoms with Crippen molar-refractivity contribution in [3.8, 4) is 0 Å². The number of rotatable bonds is 2. The molecule has 0 aromatic heterocycles. The standard InChI is InChI=1S/C7H14N2O6/c8-1-3(10)4(11)5(15-7(1)14)2(9)6(12)13/h1-5,7,10-11,14H,8-9H2,(H,12,13). The van der Waals surface area contributed by atoms with Crippen LogP contribution in [0.25, 0.3) is 0 Å². The third-order valence-electron chi connectivity index (χ3n) is 2.35. The molecule has 0 aromatic rings. The van der Waals surface area contributed by atoms with Gasteiger partial charge in [-0.05, 0) is 0 Å². The predicted molar refractivity (Wildman–Crippen MR) is 46.5 cm³/mol. The first-order valence-electron chi connectivity index (χ1n) is 4.30. The van der Waals surface area contributed by atoms with Gasteiger partial charge in [0, 0.05) is 0 Å². The smallest absolute Gasteiger partial charge is 0.323 e. The van der Waals surface area contributed by atoms with E-state index in [1.165, 1.54) is 0 Å². The van der Waals surface area contributed by atoms with Gasteiger partial charge in [-0.1, -0.05) is 0 Å². The van der Waals surface area contributed by atoms with E-state index >= 15 is 0 Å². The Hall–Kier alpha value is -0.770. The first kappa shape index (κ1) is 12.3. The van der Waals surface area contributed by atoms with Crippen LogP contribution in [0.5, 0.6) is 0 Å². The lowest BCUT2D eigenvalue weighted by Gasteiger charge is -2.40. The normalized spacial score (nSPS) is 43.7. The number of carboxylic acids is 1. The molecule has 15 heavy (non-hydrogen) atoms. The molecule has 0 bridgehead atoms. The Morgan fingerprint density at radius 2 is 1.80 bits per heavy atom. The highest BCUT2D eigenvalue weighted by Crippen LogP contribution is 2.20. The summed E-state index contributed by atoms with van der Waals surface area (Å²) in [5.74, 6) is -1.41. The molecular weight excluding hydrogens is 208 g/mol. The second-order valence-corrected chi connectivity index (χ2v) is 3.41. The molecule has 1 rings (SSSR count). The average molecular weight is 222 g/mol. The van der Waals surface area contributed by atoms with Crippen LogP contribution in [0.3, 0.4) is 0 Å². The number of ether oxygens (including phenoxy) is 1. The number of aliphatic carboxylic acids is 1. The third-order valence-corrected chi connectivity index (χ3v) is 2.35. The van der Waals surface area contributed by atoms with Gasteiger partial charge in [-0.2, -0.15) is 0 Å². The largest absolute Gasteiger partial charge is 0.480 e. The summed E-state index contributed by atoms with van der Waals surface area (Å²) < 4.78 is 4.72. The summed E-state index contributed by atoms with van der Waals surface area (Å²) in [7, 11) is 0. The second-order valence-electron chi connectivity index (χ2n) is 3.41. The van der Waals surface area contributed by atoms with Gasteiger partial charge >= 0.3 is 5.97 Å². The van der Waals surface area contributed by atoms with Gasteiger partial charge in [-0.3, -0.25) is 4.79 Å². The van der Waals surface area contributed by atoms with E-state index < -0.39 is 42.7 Å². The maximum atomic E-state index is 10.5. The van der Waals surface area contributed by atoms with E-state index in [0.717, 1.165) is 0 Å². The average Bonchev–Trinajstić information content (AvgIpc) is 2.19. The molecule has 1 heterocycles. The van der Waals surface area contributed by atoms with Crippen LogP contribution in [-0.4, -0.2) is 63.1 Å². The minimum Gasteiger partial charge on any atom is -0.480 e. The molecule has 1 aliphatic heterocycles. The van der Waals surface area contributed by atoms with E-state index in [-0.39, 0.29) is 0 Å². The number of aliphatic hydroxyl groups excluding tert-OH is 3. The molecule has 6 unspecified atom stereocenters. The van der Waals surface area contributed by atoms with E-state index in [2.05, 4.69) is 0 Å². The molecule has 0 aliphatic carbocycles. The fourth-order valence-corrected chi connectivity index (χ4v) is 1.36. The zero-order valence-electron chi connectivity index (χ0n) is 7.72. The van der Waals surface area contributed by atoms with Crippen molar-refractivity contribution in [1.29, 1.82) is 0 Å². The highest BCUT2D eigenvalue weighted by molar-refractivity contribution is 5.74. The van der Waals surface area contributed by atoms with Gasteiger partial charge in [-0.15, -0.1) is 0 Å². The minimum atomic E-state index is -1.56. The SMILES string of the molecule is NC(C(=O)O)C1OC(O)C(N)C(O)C1O. The number of nitrogens with two attached hydrogens (primary N) is 2. The summed E-state index contributed by atoms with van der Waals surface area (Å²) in [5, 5.41) is 36.6. The number of hydrogen-bond donors (Lipinski definition) is 6. The molecule has 1 fully saturated rings. The van der Waals surface area contributed by atoms with Crippen LogP contribution in [0.15, 0.2) is 0 Å². The first-order chi connectivity index (χ1) is 6.86. The number of aliphatic hydroxyl groups is 3. The lowest BCUT2D eigenvalue weighted by Crippen LogP contribution is -2.65. The van der Waals surface area contributed by atoms with Crippen LogP contribution in [0.4, 0.5) is 0 Å². The molecular formula is C7H14N2O6. The second kappa shape index (κ2) is 4.39. The van der Waals surface area contributed by atoms with Crippen molar-refractivity contribution in [1.82, 2.24) is 0 Å². The van der Waals surface area contributed by atoms with Crippen molar-refractivity contribution in [3.63, 3.8) is 0 Å². The summed E-state index contributed by atoms with van der Waals surface area (Å²) >= 11 is 0. The molecule has 0 amide bonds. The van der Waals surface area contributed by atoms with Crippen molar-refractivity contribution in [2.75, 3.05) is 0 Å². The van der Waals surface area contributed by atoms with Gasteiger partial charge in [0.2, 0.25) is 0 Å². The van der Waals surface area contributed by atoms with E-state index in [0.29, 0.717) is 0 Å². The van der Waals surface area contributed by atoms with Gasteiger partial charge in [0.15, 0.2) is 6.29 Å². The van der Waals surface area contributed by atoms with Crippen LogP contribution in [0, 0.1) is 0 Å². The van der Waals surface area contributed by atoms with Crippen molar-refractivity contribution in [3.05, 3.63) is 0 Å². The van der Waals surface area contributed by atoms with Gasteiger partial charge < -0.3 is 36.6 Å². The maximum Gasteiger partial charge on any atom is 0.323 e. The fourth-order valence-electron chi connectivity index (χ4n) is 1.36. The molecule has 0 radical (unpaired) electrons. The van der Waals surface area contributed by atoms with Crippen LogP contribution >= 0.6 is 0 Å². The minimum absolute atomic E-state index is 1.20. The third kappa shape index (κ3) is 2.25. The zero-order chi connectivity index (χ0) is 11.7. The number of carboxylic acid groups (broad SMARTS) is 1. The molecule has 6 atom stereocenters. The van der Waals surface area contributed by atoms with E-state index in [1.54, 1.807) is 0 Å². The van der Waals surface area contributed by atoms with E-state index in [9.17, 15) is 20.1 Å². The Kier molecular flexibility index (Phi) is 3.60. The zero-order valence-corrected chi connectivity index (χ0v) is 7.72. The van der Waals surface area contributed by atoms with Crippen molar-refractivity contribution < 1.29 is 30.0 Å². The Balaban J connectivity index is 2.78. The summed E-state index contributed by atoms with van der Waals surface area (Å²) in [6, 6.07) is -2.74. The van der Waals surface area contributed by atoms with E-state index in [1.807, 2.05) is 0 Å². The molecule has 0 aromatic carbocycles. The van der Waals surface area contributed by atoms with Crippen molar-refractivity contribution in [2.45, 2.75) is 36.7 Å². The lowest BCUT2D eigenvalue weighted by atomic mass is 9.93. The van der Waals surface area contributed by atoms with Crippen LogP contribution in [0.1, 0.15) is 0 Å². The highest BCUT2D eigenvalue weighted by Gasteiger charge is 2.46. The Morgan fingerprint density at radius 3 is 2.27 bits per heavy atom.